The first kappa shape index (κ1) is 21.0. The highest BCUT2D eigenvalue weighted by Gasteiger charge is 2.27. The lowest BCUT2D eigenvalue weighted by Gasteiger charge is -2.33. The van der Waals surface area contributed by atoms with Crippen molar-refractivity contribution < 1.29 is 0 Å². The minimum Gasteiger partial charge on any atom is -0.372 e. The van der Waals surface area contributed by atoms with E-state index < -0.39 is 0 Å². The highest BCUT2D eigenvalue weighted by atomic mass is 16.1. The van der Waals surface area contributed by atoms with Crippen LogP contribution in [0, 0.1) is 11.8 Å². The van der Waals surface area contributed by atoms with Crippen LogP contribution >= 0.6 is 0 Å². The van der Waals surface area contributed by atoms with E-state index in [0.717, 1.165) is 42.7 Å². The normalized spacial score (nSPS) is 23.9. The van der Waals surface area contributed by atoms with Crippen LogP contribution in [-0.4, -0.2) is 27.6 Å². The molecule has 168 valence electrons. The Balaban J connectivity index is 1.42. The van der Waals surface area contributed by atoms with Crippen molar-refractivity contribution in [3.8, 4) is 0 Å². The fourth-order valence-corrected chi connectivity index (χ4v) is 5.60. The maximum absolute atomic E-state index is 12.9. The largest absolute Gasteiger partial charge is 0.372 e. The third kappa shape index (κ3) is 4.36. The molecular formula is C26H33N5O. The number of nitrogens with zero attached hydrogens (tertiary/aromatic N) is 4. The third-order valence-electron chi connectivity index (χ3n) is 7.03. The zero-order valence-electron chi connectivity index (χ0n) is 19.1. The SMILES string of the molecule is CC1CC(C)CC(n2c(=O)ccc3cnc(Nc4ccc(N5CCCCC5)cc4)nc32)C1. The number of benzene rings is 1. The van der Waals surface area contributed by atoms with Crippen molar-refractivity contribution in [2.45, 2.75) is 58.4 Å². The van der Waals surface area contributed by atoms with E-state index in [1.165, 1.54) is 31.4 Å². The number of aromatic nitrogens is 3. The zero-order chi connectivity index (χ0) is 22.1. The summed E-state index contributed by atoms with van der Waals surface area (Å²) in [4.78, 5) is 24.6. The van der Waals surface area contributed by atoms with Crippen LogP contribution in [-0.2, 0) is 0 Å². The molecule has 2 unspecified atom stereocenters. The molecule has 6 heteroatoms. The summed E-state index contributed by atoms with van der Waals surface area (Å²) in [5.41, 5.74) is 2.98. The first-order valence-corrected chi connectivity index (χ1v) is 12.1. The van der Waals surface area contributed by atoms with Gasteiger partial charge in [0, 0.05) is 48.2 Å². The van der Waals surface area contributed by atoms with Gasteiger partial charge in [-0.25, -0.2) is 4.98 Å². The lowest BCUT2D eigenvalue weighted by atomic mass is 9.80. The summed E-state index contributed by atoms with van der Waals surface area (Å²) >= 11 is 0. The number of hydrogen-bond donors (Lipinski definition) is 1. The summed E-state index contributed by atoms with van der Waals surface area (Å²) in [5.74, 6) is 1.76. The molecule has 1 N–H and O–H groups in total. The molecule has 0 radical (unpaired) electrons. The van der Waals surface area contributed by atoms with Gasteiger partial charge < -0.3 is 10.2 Å². The Morgan fingerprint density at radius 1 is 0.906 bits per heavy atom. The third-order valence-corrected chi connectivity index (χ3v) is 7.03. The van der Waals surface area contributed by atoms with Gasteiger partial charge in [-0.15, -0.1) is 0 Å². The number of nitrogens with one attached hydrogen (secondary N) is 1. The van der Waals surface area contributed by atoms with Gasteiger partial charge in [-0.2, -0.15) is 4.98 Å². The van der Waals surface area contributed by atoms with E-state index in [1.54, 1.807) is 6.07 Å². The van der Waals surface area contributed by atoms with Crippen molar-refractivity contribution in [2.75, 3.05) is 23.3 Å². The van der Waals surface area contributed by atoms with Gasteiger partial charge in [-0.3, -0.25) is 9.36 Å². The Bertz CT molecular complexity index is 1120. The lowest BCUT2D eigenvalue weighted by Crippen LogP contribution is -2.30. The number of rotatable bonds is 4. The van der Waals surface area contributed by atoms with Gasteiger partial charge >= 0.3 is 0 Å². The Morgan fingerprint density at radius 2 is 1.62 bits per heavy atom. The number of piperidine rings is 1. The molecule has 6 nitrogen and oxygen atoms in total. The van der Waals surface area contributed by atoms with Crippen LogP contribution < -0.4 is 15.8 Å². The Morgan fingerprint density at radius 3 is 2.34 bits per heavy atom. The van der Waals surface area contributed by atoms with E-state index in [9.17, 15) is 4.79 Å². The summed E-state index contributed by atoms with van der Waals surface area (Å²) in [5, 5.41) is 4.24. The molecule has 3 heterocycles. The molecule has 0 spiro atoms. The summed E-state index contributed by atoms with van der Waals surface area (Å²) in [6.45, 7) is 6.84. The van der Waals surface area contributed by atoms with Crippen molar-refractivity contribution in [3.63, 3.8) is 0 Å². The van der Waals surface area contributed by atoms with E-state index >= 15 is 0 Å². The van der Waals surface area contributed by atoms with Crippen molar-refractivity contribution in [2.24, 2.45) is 11.8 Å². The van der Waals surface area contributed by atoms with E-state index in [-0.39, 0.29) is 11.6 Å². The predicted molar refractivity (Wildman–Crippen MR) is 131 cm³/mol. The van der Waals surface area contributed by atoms with E-state index in [4.69, 9.17) is 4.98 Å². The van der Waals surface area contributed by atoms with E-state index in [2.05, 4.69) is 53.3 Å². The summed E-state index contributed by atoms with van der Waals surface area (Å²) < 4.78 is 1.91. The van der Waals surface area contributed by atoms with Gasteiger partial charge in [-0.1, -0.05) is 13.8 Å². The average molecular weight is 432 g/mol. The zero-order valence-corrected chi connectivity index (χ0v) is 19.1. The van der Waals surface area contributed by atoms with Gasteiger partial charge in [0.1, 0.15) is 5.65 Å². The second-order valence-corrected chi connectivity index (χ2v) is 9.80. The second-order valence-electron chi connectivity index (χ2n) is 9.80. The van der Waals surface area contributed by atoms with Crippen molar-refractivity contribution >= 4 is 28.4 Å². The minimum absolute atomic E-state index is 0.0272. The summed E-state index contributed by atoms with van der Waals surface area (Å²) in [6, 6.07) is 12.2. The number of hydrogen-bond acceptors (Lipinski definition) is 5. The Hall–Kier alpha value is -2.89. The standard InChI is InChI=1S/C26H33N5O/c1-18-14-19(2)16-23(15-18)31-24(32)11-6-20-17-27-26(29-25(20)31)28-21-7-9-22(10-8-21)30-12-4-3-5-13-30/h6-11,17-19,23H,3-5,12-16H2,1-2H3,(H,27,28,29). The molecule has 1 aromatic carbocycles. The van der Waals surface area contributed by atoms with Crippen LogP contribution in [0.3, 0.4) is 0 Å². The van der Waals surface area contributed by atoms with Crippen LogP contribution in [0.1, 0.15) is 58.4 Å². The van der Waals surface area contributed by atoms with Gasteiger partial charge in [-0.05, 0) is 80.7 Å². The van der Waals surface area contributed by atoms with Gasteiger partial charge in [0.2, 0.25) is 5.95 Å². The first-order chi connectivity index (χ1) is 15.6. The number of anilines is 3. The highest BCUT2D eigenvalue weighted by Crippen LogP contribution is 2.36. The van der Waals surface area contributed by atoms with Crippen molar-refractivity contribution in [3.05, 3.63) is 52.9 Å². The monoisotopic (exact) mass is 431 g/mol. The van der Waals surface area contributed by atoms with Crippen molar-refractivity contribution in [1.82, 2.24) is 14.5 Å². The Labute approximate surface area is 189 Å². The maximum Gasteiger partial charge on any atom is 0.252 e. The molecule has 5 rings (SSSR count). The number of fused-ring (bicyclic) bond motifs is 1. The molecule has 2 atom stereocenters. The molecule has 2 aliphatic rings. The van der Waals surface area contributed by atoms with Gasteiger partial charge in [0.15, 0.2) is 0 Å². The molecular weight excluding hydrogens is 398 g/mol. The van der Waals surface area contributed by atoms with Crippen molar-refractivity contribution in [1.29, 1.82) is 0 Å². The molecule has 0 bridgehead atoms. The second kappa shape index (κ2) is 8.93. The summed E-state index contributed by atoms with van der Waals surface area (Å²) in [7, 11) is 0. The van der Waals surface area contributed by atoms with Crippen LogP contribution in [0.25, 0.3) is 11.0 Å². The van der Waals surface area contributed by atoms with E-state index in [1.807, 2.05) is 16.8 Å². The lowest BCUT2D eigenvalue weighted by molar-refractivity contribution is 0.221. The molecule has 1 saturated carbocycles. The van der Waals surface area contributed by atoms with Crippen LogP contribution in [0.15, 0.2) is 47.4 Å². The Kier molecular flexibility index (Phi) is 5.85. The molecule has 1 aliphatic heterocycles. The van der Waals surface area contributed by atoms with Crippen LogP contribution in [0.5, 0.6) is 0 Å². The molecule has 32 heavy (non-hydrogen) atoms. The summed E-state index contributed by atoms with van der Waals surface area (Å²) in [6.07, 6.45) is 8.96. The quantitative estimate of drug-likeness (QED) is 0.589. The molecule has 2 aromatic heterocycles. The molecule has 0 amide bonds. The molecule has 1 saturated heterocycles. The fraction of sp³-hybridized carbons (Fsp3) is 0.500. The minimum atomic E-state index is 0.0272. The predicted octanol–water partition coefficient (Wildman–Crippen LogP) is 5.52. The fourth-order valence-electron chi connectivity index (χ4n) is 5.60. The van der Waals surface area contributed by atoms with Crippen LogP contribution in [0.2, 0.25) is 0 Å². The smallest absolute Gasteiger partial charge is 0.252 e. The maximum atomic E-state index is 12.9. The highest BCUT2D eigenvalue weighted by molar-refractivity contribution is 5.76. The number of pyridine rings is 1. The van der Waals surface area contributed by atoms with Gasteiger partial charge in [0.25, 0.3) is 5.56 Å². The van der Waals surface area contributed by atoms with Crippen LogP contribution in [0.4, 0.5) is 17.3 Å². The van der Waals surface area contributed by atoms with E-state index in [0.29, 0.717) is 17.8 Å². The molecule has 3 aromatic rings. The first-order valence-electron chi connectivity index (χ1n) is 12.1. The average Bonchev–Trinajstić information content (AvgIpc) is 2.79. The van der Waals surface area contributed by atoms with Gasteiger partial charge in [0.05, 0.1) is 0 Å². The topological polar surface area (TPSA) is 63.1 Å². The molecule has 2 fully saturated rings. The molecule has 1 aliphatic carbocycles.